The van der Waals surface area contributed by atoms with Gasteiger partial charge in [-0.25, -0.2) is 0 Å². The molecule has 0 amide bonds. The van der Waals surface area contributed by atoms with E-state index in [-0.39, 0.29) is 0 Å². The molecular weight excluding hydrogens is 140 g/mol. The van der Waals surface area contributed by atoms with E-state index in [0.29, 0.717) is 0 Å². The first kappa shape index (κ1) is 10.1. The zero-order valence-corrected chi connectivity index (χ0v) is 7.91. The summed E-state index contributed by atoms with van der Waals surface area (Å²) < 4.78 is 0. The van der Waals surface area contributed by atoms with Crippen LogP contribution in [0.25, 0.3) is 0 Å². The molecule has 0 aromatic rings. The maximum absolute atomic E-state index is 2.31. The van der Waals surface area contributed by atoms with Gasteiger partial charge in [-0.05, 0) is 24.9 Å². The topological polar surface area (TPSA) is 0 Å². The Labute approximate surface area is 69.1 Å². The Morgan fingerprint density at radius 2 is 1.90 bits per heavy atom. The minimum Gasteiger partial charge on any atom is -0.165 e. The smallest absolute Gasteiger partial charge is 0.00357 e. The van der Waals surface area contributed by atoms with E-state index in [1.165, 1.54) is 31.4 Å². The van der Waals surface area contributed by atoms with Crippen LogP contribution in [-0.2, 0) is 0 Å². The third kappa shape index (κ3) is 8.09. The standard InChI is InChI=1S/C9H18S/c1-3-4-5-6-7-8-9-10-2/h6-7H,3-5,8-9H2,1-2H3/b7-6+. The molecule has 60 valence electrons. The summed E-state index contributed by atoms with van der Waals surface area (Å²) in [5.41, 5.74) is 0. The van der Waals surface area contributed by atoms with Gasteiger partial charge < -0.3 is 0 Å². The fourth-order valence-electron chi connectivity index (χ4n) is 0.744. The number of rotatable bonds is 6. The summed E-state index contributed by atoms with van der Waals surface area (Å²) in [7, 11) is 0. The molecule has 0 bridgehead atoms. The first-order valence-corrected chi connectivity index (χ1v) is 5.45. The van der Waals surface area contributed by atoms with E-state index in [9.17, 15) is 0 Å². The van der Waals surface area contributed by atoms with Crippen LogP contribution in [0.1, 0.15) is 32.6 Å². The van der Waals surface area contributed by atoms with Crippen LogP contribution < -0.4 is 0 Å². The molecule has 0 saturated carbocycles. The van der Waals surface area contributed by atoms with Gasteiger partial charge in [0, 0.05) is 0 Å². The Morgan fingerprint density at radius 1 is 1.20 bits per heavy atom. The largest absolute Gasteiger partial charge is 0.165 e. The highest BCUT2D eigenvalue weighted by Gasteiger charge is 1.78. The summed E-state index contributed by atoms with van der Waals surface area (Å²) in [6.45, 7) is 2.23. The van der Waals surface area contributed by atoms with Gasteiger partial charge in [-0.3, -0.25) is 0 Å². The van der Waals surface area contributed by atoms with Gasteiger partial charge in [-0.2, -0.15) is 11.8 Å². The van der Waals surface area contributed by atoms with Crippen molar-refractivity contribution >= 4 is 11.8 Å². The highest BCUT2D eigenvalue weighted by Crippen LogP contribution is 1.99. The van der Waals surface area contributed by atoms with Crippen molar-refractivity contribution in [2.75, 3.05) is 12.0 Å². The van der Waals surface area contributed by atoms with Crippen LogP contribution >= 0.6 is 11.8 Å². The van der Waals surface area contributed by atoms with Crippen LogP contribution in [0.3, 0.4) is 0 Å². The molecule has 0 heterocycles. The van der Waals surface area contributed by atoms with Gasteiger partial charge in [0.2, 0.25) is 0 Å². The van der Waals surface area contributed by atoms with Gasteiger partial charge in [0.25, 0.3) is 0 Å². The number of thioether (sulfide) groups is 1. The van der Waals surface area contributed by atoms with Crippen molar-refractivity contribution < 1.29 is 0 Å². The molecule has 0 aliphatic carbocycles. The molecule has 0 fully saturated rings. The second-order valence-corrected chi connectivity index (χ2v) is 3.38. The molecule has 0 N–H and O–H groups in total. The normalized spacial score (nSPS) is 11.0. The molecular formula is C9H18S. The van der Waals surface area contributed by atoms with E-state index in [0.717, 1.165) is 0 Å². The summed E-state index contributed by atoms with van der Waals surface area (Å²) in [6, 6.07) is 0. The molecule has 0 aliphatic heterocycles. The zero-order chi connectivity index (χ0) is 7.66. The summed E-state index contributed by atoms with van der Waals surface area (Å²) >= 11 is 1.91. The maximum atomic E-state index is 2.31. The van der Waals surface area contributed by atoms with Crippen molar-refractivity contribution in [3.63, 3.8) is 0 Å². The van der Waals surface area contributed by atoms with Crippen LogP contribution in [0.5, 0.6) is 0 Å². The van der Waals surface area contributed by atoms with Gasteiger partial charge in [0.15, 0.2) is 0 Å². The van der Waals surface area contributed by atoms with Crippen LogP contribution in [0.4, 0.5) is 0 Å². The molecule has 0 atom stereocenters. The van der Waals surface area contributed by atoms with Gasteiger partial charge in [-0.15, -0.1) is 0 Å². The lowest BCUT2D eigenvalue weighted by Crippen LogP contribution is -1.72. The van der Waals surface area contributed by atoms with Crippen molar-refractivity contribution in [1.29, 1.82) is 0 Å². The van der Waals surface area contributed by atoms with Crippen molar-refractivity contribution in [1.82, 2.24) is 0 Å². The molecule has 0 unspecified atom stereocenters. The minimum atomic E-state index is 1.24. The molecule has 0 aliphatic rings. The highest BCUT2D eigenvalue weighted by molar-refractivity contribution is 7.98. The SMILES string of the molecule is CCCC/C=C/CCSC. The fourth-order valence-corrected chi connectivity index (χ4v) is 1.12. The number of hydrogen-bond donors (Lipinski definition) is 0. The minimum absolute atomic E-state index is 1.24. The van der Waals surface area contributed by atoms with Gasteiger partial charge >= 0.3 is 0 Å². The lowest BCUT2D eigenvalue weighted by Gasteiger charge is -1.89. The average molecular weight is 158 g/mol. The predicted molar refractivity (Wildman–Crippen MR) is 51.7 cm³/mol. The molecule has 0 aromatic heterocycles. The van der Waals surface area contributed by atoms with E-state index in [1.54, 1.807) is 0 Å². The van der Waals surface area contributed by atoms with Crippen LogP contribution in [0.2, 0.25) is 0 Å². The summed E-state index contributed by atoms with van der Waals surface area (Å²) in [4.78, 5) is 0. The van der Waals surface area contributed by atoms with Gasteiger partial charge in [-0.1, -0.05) is 31.9 Å². The molecule has 0 radical (unpaired) electrons. The third-order valence-electron chi connectivity index (χ3n) is 1.38. The lowest BCUT2D eigenvalue weighted by molar-refractivity contribution is 0.813. The van der Waals surface area contributed by atoms with E-state index >= 15 is 0 Å². The molecule has 0 nitrogen and oxygen atoms in total. The quantitative estimate of drug-likeness (QED) is 0.421. The van der Waals surface area contributed by atoms with Crippen LogP contribution in [-0.4, -0.2) is 12.0 Å². The van der Waals surface area contributed by atoms with Crippen LogP contribution in [0.15, 0.2) is 12.2 Å². The van der Waals surface area contributed by atoms with Gasteiger partial charge in [0.1, 0.15) is 0 Å². The Balaban J connectivity index is 2.89. The number of hydrogen-bond acceptors (Lipinski definition) is 1. The number of allylic oxidation sites excluding steroid dienone is 2. The average Bonchev–Trinajstić information content (AvgIpc) is 1.97. The summed E-state index contributed by atoms with van der Waals surface area (Å²) in [5.74, 6) is 1.27. The molecule has 0 saturated heterocycles. The monoisotopic (exact) mass is 158 g/mol. The Hall–Kier alpha value is 0.0900. The second-order valence-electron chi connectivity index (χ2n) is 2.40. The second kappa shape index (κ2) is 9.09. The molecule has 1 heteroatoms. The van der Waals surface area contributed by atoms with Gasteiger partial charge in [0.05, 0.1) is 0 Å². The van der Waals surface area contributed by atoms with E-state index in [2.05, 4.69) is 25.3 Å². The Kier molecular flexibility index (Phi) is 9.17. The lowest BCUT2D eigenvalue weighted by atomic mass is 10.2. The summed E-state index contributed by atoms with van der Waals surface area (Å²) in [6.07, 6.45) is 11.9. The van der Waals surface area contributed by atoms with Crippen LogP contribution in [0, 0.1) is 0 Å². The van der Waals surface area contributed by atoms with Crippen molar-refractivity contribution in [2.45, 2.75) is 32.6 Å². The third-order valence-corrected chi connectivity index (χ3v) is 2.02. The molecule has 0 aromatic carbocycles. The molecule has 0 spiro atoms. The Morgan fingerprint density at radius 3 is 2.50 bits per heavy atom. The van der Waals surface area contributed by atoms with Crippen molar-refractivity contribution in [3.05, 3.63) is 12.2 Å². The Bertz CT molecular complexity index is 66.8. The van der Waals surface area contributed by atoms with E-state index in [1.807, 2.05) is 11.8 Å². The van der Waals surface area contributed by atoms with E-state index < -0.39 is 0 Å². The molecule has 0 rings (SSSR count). The van der Waals surface area contributed by atoms with Crippen molar-refractivity contribution in [3.8, 4) is 0 Å². The fraction of sp³-hybridized carbons (Fsp3) is 0.778. The van der Waals surface area contributed by atoms with E-state index in [4.69, 9.17) is 0 Å². The first-order valence-electron chi connectivity index (χ1n) is 4.05. The maximum Gasteiger partial charge on any atom is -0.00357 e. The zero-order valence-electron chi connectivity index (χ0n) is 7.10. The summed E-state index contributed by atoms with van der Waals surface area (Å²) in [5, 5.41) is 0. The molecule has 10 heavy (non-hydrogen) atoms. The highest BCUT2D eigenvalue weighted by atomic mass is 32.2. The number of unbranched alkanes of at least 4 members (excludes halogenated alkanes) is 2. The van der Waals surface area contributed by atoms with Crippen molar-refractivity contribution in [2.24, 2.45) is 0 Å². The first-order chi connectivity index (χ1) is 4.91. The predicted octanol–water partition coefficient (Wildman–Crippen LogP) is 3.49.